The smallest absolute Gasteiger partial charge is 1.00 e. The van der Waals surface area contributed by atoms with E-state index in [-0.39, 0.29) is 41.6 Å². The molecule has 0 saturated carbocycles. The van der Waals surface area contributed by atoms with Gasteiger partial charge in [-0.1, -0.05) is 32.9 Å². The van der Waals surface area contributed by atoms with E-state index in [1.54, 1.807) is 18.2 Å². The Morgan fingerprint density at radius 3 is 2.24 bits per heavy atom. The van der Waals surface area contributed by atoms with Crippen LogP contribution in [0.15, 0.2) is 29.2 Å². The van der Waals surface area contributed by atoms with E-state index in [4.69, 9.17) is 10.9 Å². The number of anilines is 1. The van der Waals surface area contributed by atoms with Gasteiger partial charge in [-0.05, 0) is 17.5 Å². The Hall–Kier alpha value is -0.790. The zero-order valence-electron chi connectivity index (χ0n) is 13.6. The molecule has 21 heavy (non-hydrogen) atoms. The predicted molar refractivity (Wildman–Crippen MR) is 81.2 cm³/mol. The molecule has 5 nitrogen and oxygen atoms in total. The Labute approximate surface area is 148 Å². The van der Waals surface area contributed by atoms with Crippen molar-refractivity contribution in [2.45, 2.75) is 31.1 Å². The molecule has 0 atom stereocenters. The van der Waals surface area contributed by atoms with Crippen LogP contribution in [0.1, 0.15) is 27.8 Å². The fourth-order valence-electron chi connectivity index (χ4n) is 2.35. The van der Waals surface area contributed by atoms with Crippen LogP contribution in [0, 0.1) is 0 Å². The van der Waals surface area contributed by atoms with Gasteiger partial charge >= 0.3 is 29.6 Å². The molecule has 0 amide bonds. The van der Waals surface area contributed by atoms with E-state index in [1.807, 2.05) is 20.8 Å². The molecule has 0 spiro atoms. The van der Waals surface area contributed by atoms with E-state index in [1.165, 1.54) is 6.07 Å². The number of benzene rings is 2. The Morgan fingerprint density at radius 2 is 1.76 bits per heavy atom. The van der Waals surface area contributed by atoms with E-state index in [9.17, 15) is 13.5 Å². The number of hydrogen-bond donors (Lipinski definition) is 3. The molecule has 0 radical (unpaired) electrons. The van der Waals surface area contributed by atoms with Gasteiger partial charge in [-0.15, -0.1) is 0 Å². The van der Waals surface area contributed by atoms with Crippen LogP contribution in [-0.4, -0.2) is 13.5 Å². The molecule has 0 aliphatic rings. The molecule has 5 N–H and O–H groups in total. The topological polar surface area (TPSA) is 106 Å². The van der Waals surface area contributed by atoms with Gasteiger partial charge in [0.15, 0.2) is 0 Å². The van der Waals surface area contributed by atoms with Crippen LogP contribution in [0.3, 0.4) is 0 Å². The van der Waals surface area contributed by atoms with Crippen molar-refractivity contribution in [1.29, 1.82) is 0 Å². The van der Waals surface area contributed by atoms with Crippen molar-refractivity contribution in [3.05, 3.63) is 29.8 Å². The number of primary sulfonamides is 1. The van der Waals surface area contributed by atoms with Crippen LogP contribution >= 0.6 is 0 Å². The van der Waals surface area contributed by atoms with E-state index < -0.39 is 15.4 Å². The first-order chi connectivity index (χ1) is 9.03. The second kappa shape index (κ2) is 5.78. The molecule has 2 aromatic carbocycles. The summed E-state index contributed by atoms with van der Waals surface area (Å²) in [6.45, 7) is 5.44. The van der Waals surface area contributed by atoms with E-state index >= 15 is 0 Å². The van der Waals surface area contributed by atoms with Gasteiger partial charge < -0.3 is 12.3 Å². The zero-order chi connectivity index (χ0) is 15.3. The molecule has 7 heteroatoms. The van der Waals surface area contributed by atoms with Gasteiger partial charge in [-0.3, -0.25) is 0 Å². The maximum absolute atomic E-state index is 11.8. The molecule has 110 valence electrons. The Balaban J connectivity index is 0.00000220. The summed E-state index contributed by atoms with van der Waals surface area (Å²) >= 11 is 0. The number of aromatic hydroxyl groups is 1. The summed E-state index contributed by atoms with van der Waals surface area (Å²) in [4.78, 5) is -0.0899. The first-order valence-electron chi connectivity index (χ1n) is 6.11. The fourth-order valence-corrected chi connectivity index (χ4v) is 3.32. The van der Waals surface area contributed by atoms with Gasteiger partial charge in [0.05, 0.1) is 4.90 Å². The van der Waals surface area contributed by atoms with Gasteiger partial charge in [-0.2, -0.15) is 0 Å². The van der Waals surface area contributed by atoms with Gasteiger partial charge in [0.1, 0.15) is 5.75 Å². The van der Waals surface area contributed by atoms with E-state index in [2.05, 4.69) is 0 Å². The number of rotatable bonds is 1. The Kier molecular flexibility index (Phi) is 5.02. The summed E-state index contributed by atoms with van der Waals surface area (Å²) in [7, 11) is -3.96. The third-order valence-electron chi connectivity index (χ3n) is 3.21. The average molecular weight is 318 g/mol. The number of hydrogen-bond acceptors (Lipinski definition) is 4. The molecule has 0 aliphatic carbocycles. The molecule has 0 aromatic heterocycles. The molecule has 0 bridgehead atoms. The summed E-state index contributed by atoms with van der Waals surface area (Å²) < 4.78 is 23.7. The second-order valence-electron chi connectivity index (χ2n) is 5.84. The summed E-state index contributed by atoms with van der Waals surface area (Å²) in [5, 5.41) is 16.8. The third-order valence-corrected chi connectivity index (χ3v) is 4.15. The third kappa shape index (κ3) is 3.35. The molecule has 0 saturated heterocycles. The fraction of sp³-hybridized carbons (Fsp3) is 0.286. The van der Waals surface area contributed by atoms with Crippen LogP contribution in [0.25, 0.3) is 10.8 Å². The molecule has 0 unspecified atom stereocenters. The number of sulfonamides is 1. The summed E-state index contributed by atoms with van der Waals surface area (Å²) in [5.74, 6) is -0.0914. The number of nitrogens with two attached hydrogens (primary N) is 2. The number of nitrogen functional groups attached to an aromatic ring is 1. The number of fused-ring (bicyclic) bond motifs is 1. The van der Waals surface area contributed by atoms with Crippen molar-refractivity contribution in [3.63, 3.8) is 0 Å². The van der Waals surface area contributed by atoms with Crippen molar-refractivity contribution in [2.75, 3.05) is 5.73 Å². The van der Waals surface area contributed by atoms with Gasteiger partial charge in [0, 0.05) is 22.0 Å². The first kappa shape index (κ1) is 18.3. The van der Waals surface area contributed by atoms with Crippen molar-refractivity contribution < 1.29 is 44.5 Å². The molecule has 0 aliphatic heterocycles. The van der Waals surface area contributed by atoms with Crippen LogP contribution in [0.2, 0.25) is 0 Å². The number of phenolic OH excluding ortho intramolecular Hbond substituents is 1. The van der Waals surface area contributed by atoms with Crippen molar-refractivity contribution >= 4 is 26.5 Å². The second-order valence-corrected chi connectivity index (χ2v) is 7.37. The van der Waals surface area contributed by atoms with Gasteiger partial charge in [0.25, 0.3) is 0 Å². The van der Waals surface area contributed by atoms with E-state index in [0.29, 0.717) is 22.0 Å². The van der Waals surface area contributed by atoms with Crippen LogP contribution < -0.4 is 40.4 Å². The minimum atomic E-state index is -3.96. The quantitative estimate of drug-likeness (QED) is 0.472. The molecule has 2 rings (SSSR count). The van der Waals surface area contributed by atoms with Crippen LogP contribution in [0.5, 0.6) is 5.75 Å². The van der Waals surface area contributed by atoms with Crippen molar-refractivity contribution in [2.24, 2.45) is 5.14 Å². The SMILES string of the molecule is CC(C)(C)c1c(S(N)(=O)=O)cc2c(N)cccc2c1O.[H-].[Na+]. The summed E-state index contributed by atoms with van der Waals surface area (Å²) in [6, 6.07) is 6.48. The Bertz CT molecular complexity index is 802. The molecule has 2 aromatic rings. The van der Waals surface area contributed by atoms with Gasteiger partial charge in [-0.25, -0.2) is 13.6 Å². The zero-order valence-corrected chi connectivity index (χ0v) is 15.5. The molecular formula is C14H19N2NaO3S. The van der Waals surface area contributed by atoms with Crippen molar-refractivity contribution in [3.8, 4) is 5.75 Å². The molecule has 0 fully saturated rings. The largest absolute Gasteiger partial charge is 1.00 e. The maximum atomic E-state index is 11.8. The predicted octanol–water partition coefficient (Wildman–Crippen LogP) is -0.811. The maximum Gasteiger partial charge on any atom is 1.00 e. The minimum Gasteiger partial charge on any atom is -1.00 e. The normalized spacial score (nSPS) is 12.2. The summed E-state index contributed by atoms with van der Waals surface area (Å²) in [5.41, 5.74) is 5.97. The van der Waals surface area contributed by atoms with Crippen LogP contribution in [0.4, 0.5) is 5.69 Å². The number of phenols is 1. The van der Waals surface area contributed by atoms with Crippen molar-refractivity contribution in [1.82, 2.24) is 0 Å². The average Bonchev–Trinajstić information content (AvgIpc) is 2.27. The summed E-state index contributed by atoms with van der Waals surface area (Å²) in [6.07, 6.45) is 0. The first-order valence-corrected chi connectivity index (χ1v) is 7.65. The van der Waals surface area contributed by atoms with Gasteiger partial charge in [0.2, 0.25) is 10.0 Å². The van der Waals surface area contributed by atoms with Crippen LogP contribution in [-0.2, 0) is 15.4 Å². The monoisotopic (exact) mass is 318 g/mol. The molecule has 0 heterocycles. The standard InChI is InChI=1S/C14H18N2O3S.Na.H/c1-14(2,3)12-11(20(16,18)19)7-9-8(13(12)17)5-4-6-10(9)15;;/h4-7,17H,15H2,1-3H3,(H2,16,18,19);;/q;+1;-1. The minimum absolute atomic E-state index is 0. The molecular weight excluding hydrogens is 299 g/mol. The Morgan fingerprint density at radius 1 is 1.19 bits per heavy atom. The van der Waals surface area contributed by atoms with E-state index in [0.717, 1.165) is 0 Å².